The van der Waals surface area contributed by atoms with Crippen LogP contribution in [0, 0.1) is 10.4 Å². The molecule has 8 heteroatoms. The molecule has 0 heterocycles. The Morgan fingerprint density at radius 3 is 2.33 bits per heavy atom. The predicted molar refractivity (Wildman–Crippen MR) is 65.3 cm³/mol. The Balaban J connectivity index is 4.34. The summed E-state index contributed by atoms with van der Waals surface area (Å²) < 4.78 is 0. The number of quaternary nitrogens is 1. The normalized spacial score (nSPS) is 15.4. The lowest BCUT2D eigenvalue weighted by atomic mass is 10.2. The SMILES string of the molecule is CCC(CO)[NH2+]CCN(C(CC)CO)/[N+]([O-])=N/[O-]. The molecule has 0 saturated heterocycles. The second kappa shape index (κ2) is 9.86. The van der Waals surface area contributed by atoms with Crippen molar-refractivity contribution in [1.29, 1.82) is 0 Å². The second-order valence-corrected chi connectivity index (χ2v) is 4.12. The fourth-order valence-electron chi connectivity index (χ4n) is 1.70. The molecular formula is C10H24N4O4. The lowest BCUT2D eigenvalue weighted by Gasteiger charge is -2.25. The minimum absolute atomic E-state index is 0.0157. The molecule has 8 nitrogen and oxygen atoms in total. The third-order valence-corrected chi connectivity index (χ3v) is 3.01. The van der Waals surface area contributed by atoms with Gasteiger partial charge in [0.15, 0.2) is 0 Å². The van der Waals surface area contributed by atoms with Gasteiger partial charge in [-0.15, -0.1) is 5.01 Å². The number of rotatable bonds is 10. The maximum absolute atomic E-state index is 11.3. The molecule has 0 aromatic heterocycles. The van der Waals surface area contributed by atoms with E-state index in [2.05, 4.69) is 5.28 Å². The highest BCUT2D eigenvalue weighted by molar-refractivity contribution is 4.61. The first kappa shape index (κ1) is 16.9. The van der Waals surface area contributed by atoms with Gasteiger partial charge in [-0.2, -0.15) is 0 Å². The Labute approximate surface area is 107 Å². The van der Waals surface area contributed by atoms with Gasteiger partial charge in [0.2, 0.25) is 0 Å². The summed E-state index contributed by atoms with van der Waals surface area (Å²) in [5, 5.41) is 45.2. The molecule has 0 aromatic carbocycles. The third-order valence-electron chi connectivity index (χ3n) is 3.01. The van der Waals surface area contributed by atoms with Crippen LogP contribution in [0.2, 0.25) is 0 Å². The Morgan fingerprint density at radius 1 is 1.28 bits per heavy atom. The molecule has 0 aliphatic heterocycles. The molecule has 108 valence electrons. The van der Waals surface area contributed by atoms with Crippen LogP contribution in [0.4, 0.5) is 0 Å². The molecule has 0 radical (unpaired) electrons. The first-order valence-corrected chi connectivity index (χ1v) is 6.26. The van der Waals surface area contributed by atoms with E-state index >= 15 is 0 Å². The van der Waals surface area contributed by atoms with E-state index in [1.54, 1.807) is 0 Å². The Morgan fingerprint density at radius 2 is 1.94 bits per heavy atom. The molecule has 0 spiro atoms. The summed E-state index contributed by atoms with van der Waals surface area (Å²) >= 11 is 0. The van der Waals surface area contributed by atoms with Crippen molar-refractivity contribution in [2.75, 3.05) is 26.3 Å². The van der Waals surface area contributed by atoms with Gasteiger partial charge in [-0.1, -0.05) is 13.8 Å². The van der Waals surface area contributed by atoms with Crippen LogP contribution in [0.25, 0.3) is 0 Å². The summed E-state index contributed by atoms with van der Waals surface area (Å²) in [7, 11) is 0. The van der Waals surface area contributed by atoms with Crippen molar-refractivity contribution in [1.82, 2.24) is 5.01 Å². The summed E-state index contributed by atoms with van der Waals surface area (Å²) in [5.41, 5.74) is 0. The van der Waals surface area contributed by atoms with Crippen LogP contribution in [0.3, 0.4) is 0 Å². The van der Waals surface area contributed by atoms with Gasteiger partial charge < -0.3 is 25.9 Å². The molecular weight excluding hydrogens is 240 g/mol. The molecule has 2 unspecified atom stereocenters. The van der Waals surface area contributed by atoms with Gasteiger partial charge in [0.25, 0.3) is 0 Å². The Bertz CT molecular complexity index is 232. The van der Waals surface area contributed by atoms with Gasteiger partial charge in [-0.25, -0.2) is 0 Å². The van der Waals surface area contributed by atoms with Crippen molar-refractivity contribution in [3.05, 3.63) is 10.4 Å². The highest BCUT2D eigenvalue weighted by Crippen LogP contribution is 2.03. The van der Waals surface area contributed by atoms with E-state index in [4.69, 9.17) is 10.2 Å². The van der Waals surface area contributed by atoms with Crippen molar-refractivity contribution in [2.24, 2.45) is 5.28 Å². The third kappa shape index (κ3) is 5.48. The second-order valence-electron chi connectivity index (χ2n) is 4.12. The van der Waals surface area contributed by atoms with Gasteiger partial charge in [-0.05, 0) is 18.1 Å². The van der Waals surface area contributed by atoms with Crippen LogP contribution in [0.1, 0.15) is 26.7 Å². The number of hydrazine groups is 1. The lowest BCUT2D eigenvalue weighted by molar-refractivity contribution is -0.728. The zero-order valence-corrected chi connectivity index (χ0v) is 11.0. The molecule has 4 N–H and O–H groups in total. The van der Waals surface area contributed by atoms with Gasteiger partial charge in [0.05, 0.1) is 19.8 Å². The quantitative estimate of drug-likeness (QED) is 0.259. The maximum atomic E-state index is 11.3. The fourth-order valence-corrected chi connectivity index (χ4v) is 1.70. The van der Waals surface area contributed by atoms with Crippen molar-refractivity contribution in [3.63, 3.8) is 0 Å². The van der Waals surface area contributed by atoms with Gasteiger partial charge in [0, 0.05) is 4.97 Å². The van der Waals surface area contributed by atoms with Crippen molar-refractivity contribution >= 4 is 0 Å². The maximum Gasteiger partial charge on any atom is 0.126 e. The van der Waals surface area contributed by atoms with Gasteiger partial charge in [0.1, 0.15) is 18.6 Å². The summed E-state index contributed by atoms with van der Waals surface area (Å²) in [5.74, 6) is 0. The van der Waals surface area contributed by atoms with Crippen LogP contribution in [0.15, 0.2) is 5.28 Å². The van der Waals surface area contributed by atoms with E-state index in [1.807, 2.05) is 19.2 Å². The summed E-state index contributed by atoms with van der Waals surface area (Å²) in [6, 6.07) is -0.326. The molecule has 0 aliphatic carbocycles. The smallest absolute Gasteiger partial charge is 0.126 e. The minimum Gasteiger partial charge on any atom is -0.737 e. The molecule has 0 rings (SSSR count). The molecule has 0 fully saturated rings. The number of hydrogen-bond acceptors (Lipinski definition) is 5. The van der Waals surface area contributed by atoms with Gasteiger partial charge in [-0.3, -0.25) is 0 Å². The molecule has 0 saturated carbocycles. The van der Waals surface area contributed by atoms with E-state index in [1.165, 1.54) is 5.01 Å². The van der Waals surface area contributed by atoms with Crippen LogP contribution >= 0.6 is 0 Å². The molecule has 0 aromatic rings. The number of hydrogen-bond donors (Lipinski definition) is 3. The number of nitrogens with two attached hydrogens (primary N) is 1. The van der Waals surface area contributed by atoms with E-state index in [9.17, 15) is 10.4 Å². The average Bonchev–Trinajstić information content (AvgIpc) is 2.41. The monoisotopic (exact) mass is 264 g/mol. The Hall–Kier alpha value is -1.12. The standard InChI is InChI=1S/C10H24N4O4/c1-3-9(7-15)11-5-6-13(14(18)12-17)10(4-2)8-16/h9-11,15-17H,3-8H2,1-2H3/b14-12-. The van der Waals surface area contributed by atoms with Crippen LogP contribution in [0.5, 0.6) is 0 Å². The summed E-state index contributed by atoms with van der Waals surface area (Å²) in [6.45, 7) is 4.49. The summed E-state index contributed by atoms with van der Waals surface area (Å²) in [6.07, 6.45) is 1.36. The average molecular weight is 264 g/mol. The lowest BCUT2D eigenvalue weighted by Crippen LogP contribution is -2.92. The predicted octanol–water partition coefficient (Wildman–Crippen LogP) is -1.23. The first-order valence-electron chi connectivity index (χ1n) is 6.26. The minimum atomic E-state index is -0.414. The van der Waals surface area contributed by atoms with Crippen molar-refractivity contribution in [3.8, 4) is 0 Å². The zero-order valence-electron chi connectivity index (χ0n) is 11.0. The zero-order chi connectivity index (χ0) is 14.0. The van der Waals surface area contributed by atoms with Crippen LogP contribution in [-0.2, 0) is 0 Å². The van der Waals surface area contributed by atoms with Crippen molar-refractivity contribution < 1.29 is 20.5 Å². The number of aliphatic hydroxyl groups is 2. The fraction of sp³-hybridized carbons (Fsp3) is 1.00. The van der Waals surface area contributed by atoms with Crippen LogP contribution < -0.4 is 5.32 Å². The number of nitrogens with zero attached hydrogens (tertiary/aromatic N) is 3. The van der Waals surface area contributed by atoms with E-state index in [0.717, 1.165) is 6.42 Å². The van der Waals surface area contributed by atoms with E-state index in [0.29, 0.717) is 19.5 Å². The van der Waals surface area contributed by atoms with Crippen LogP contribution in [-0.4, -0.2) is 58.6 Å². The number of aliphatic hydroxyl groups excluding tert-OH is 2. The molecule has 0 aliphatic rings. The highest BCUT2D eigenvalue weighted by Gasteiger charge is 2.23. The van der Waals surface area contributed by atoms with Crippen molar-refractivity contribution in [2.45, 2.75) is 38.8 Å². The largest absolute Gasteiger partial charge is 0.737 e. The van der Waals surface area contributed by atoms with Gasteiger partial charge >= 0.3 is 0 Å². The molecule has 0 amide bonds. The molecule has 0 bridgehead atoms. The highest BCUT2D eigenvalue weighted by atomic mass is 16.6. The Kier molecular flexibility index (Phi) is 9.25. The topological polar surface area (TPSA) is 122 Å². The summed E-state index contributed by atoms with van der Waals surface area (Å²) in [4.78, 5) is -0.0157. The van der Waals surface area contributed by atoms with E-state index < -0.39 is 6.04 Å². The molecule has 18 heavy (non-hydrogen) atoms. The van der Waals surface area contributed by atoms with E-state index in [-0.39, 0.29) is 24.2 Å². The first-order chi connectivity index (χ1) is 8.64. The molecule has 2 atom stereocenters.